The van der Waals surface area contributed by atoms with Gasteiger partial charge in [-0.2, -0.15) is 5.10 Å². The van der Waals surface area contributed by atoms with Crippen molar-refractivity contribution in [1.29, 1.82) is 0 Å². The molecule has 4 aliphatic rings. The van der Waals surface area contributed by atoms with Gasteiger partial charge in [0.2, 0.25) is 0 Å². The maximum absolute atomic E-state index is 13.2. The number of hydrogen-bond donors (Lipinski definition) is 0. The van der Waals surface area contributed by atoms with E-state index in [9.17, 15) is 4.79 Å². The van der Waals surface area contributed by atoms with Crippen LogP contribution in [0.4, 0.5) is 0 Å². The predicted molar refractivity (Wildman–Crippen MR) is 89.0 cm³/mol. The molecule has 126 valence electrons. The number of piperidine rings is 2. The van der Waals surface area contributed by atoms with E-state index >= 15 is 0 Å². The number of hydrogen-bond acceptors (Lipinski definition) is 4. The van der Waals surface area contributed by atoms with E-state index < -0.39 is 0 Å². The molecule has 0 amide bonds. The maximum Gasteiger partial charge on any atom is 0.150 e. The Hall–Kier alpha value is -1.20. The van der Waals surface area contributed by atoms with Crippen LogP contribution < -0.4 is 0 Å². The molecule has 0 N–H and O–H groups in total. The molecule has 5 rings (SSSR count). The lowest BCUT2D eigenvalue weighted by Crippen LogP contribution is -2.76. The van der Waals surface area contributed by atoms with Crippen LogP contribution in [0.15, 0.2) is 0 Å². The van der Waals surface area contributed by atoms with Gasteiger partial charge >= 0.3 is 0 Å². The van der Waals surface area contributed by atoms with Gasteiger partial charge in [0, 0.05) is 44.5 Å². The molecule has 0 unspecified atom stereocenters. The number of Topliss-reactive ketones (excluding diaryl/α,β-unsaturated/α-hetero) is 1. The molecule has 0 aromatic carbocycles. The molecule has 4 aliphatic heterocycles. The third kappa shape index (κ3) is 1.75. The molecule has 0 radical (unpaired) electrons. The third-order valence-corrected chi connectivity index (χ3v) is 6.85. The highest BCUT2D eigenvalue weighted by Crippen LogP contribution is 2.55. The molecule has 1 aromatic rings. The highest BCUT2D eigenvalue weighted by molar-refractivity contribution is 5.93. The van der Waals surface area contributed by atoms with E-state index in [1.165, 1.54) is 11.3 Å². The van der Waals surface area contributed by atoms with Crippen LogP contribution in [0.25, 0.3) is 0 Å². The lowest BCUT2D eigenvalue weighted by molar-refractivity contribution is -0.204. The Bertz CT molecular complexity index is 635. The zero-order valence-corrected chi connectivity index (χ0v) is 15.0. The topological polar surface area (TPSA) is 41.4 Å². The van der Waals surface area contributed by atoms with Crippen molar-refractivity contribution in [3.8, 4) is 0 Å². The lowest BCUT2D eigenvalue weighted by atomic mass is 9.58. The van der Waals surface area contributed by atoms with E-state index in [2.05, 4.69) is 42.6 Å². The Morgan fingerprint density at radius 3 is 1.87 bits per heavy atom. The molecule has 0 saturated carbocycles. The normalized spacial score (nSPS) is 41.8. The SMILES string of the molecule is CCC12CN3CC(CC)(CN(C1)C3c1c(C)nn(C)c1C)C2=O. The molecule has 4 saturated heterocycles. The molecule has 5 heterocycles. The first-order valence-electron chi connectivity index (χ1n) is 8.90. The Morgan fingerprint density at radius 1 is 1.04 bits per heavy atom. The molecule has 0 spiro atoms. The van der Waals surface area contributed by atoms with E-state index in [-0.39, 0.29) is 10.8 Å². The average molecular weight is 316 g/mol. The molecular weight excluding hydrogens is 288 g/mol. The van der Waals surface area contributed by atoms with E-state index in [4.69, 9.17) is 0 Å². The second kappa shape index (κ2) is 4.67. The Morgan fingerprint density at radius 2 is 1.52 bits per heavy atom. The van der Waals surface area contributed by atoms with Crippen LogP contribution in [0.1, 0.15) is 49.8 Å². The summed E-state index contributed by atoms with van der Waals surface area (Å²) >= 11 is 0. The molecule has 5 heteroatoms. The molecular formula is C18H28N4O. The summed E-state index contributed by atoms with van der Waals surface area (Å²) < 4.78 is 1.99. The standard InChI is InChI=1S/C18H28N4O/c1-6-17-8-21-10-18(7-2,16(17)23)11-22(9-17)15(21)14-12(3)19-20(5)13(14)4/h15H,6-11H2,1-5H3. The number of aryl methyl sites for hydroxylation is 2. The van der Waals surface area contributed by atoms with Crippen LogP contribution in [-0.2, 0) is 11.8 Å². The van der Waals surface area contributed by atoms with Crippen molar-refractivity contribution in [2.24, 2.45) is 17.9 Å². The number of nitrogens with zero attached hydrogens (tertiary/aromatic N) is 4. The summed E-state index contributed by atoms with van der Waals surface area (Å²) in [5.74, 6) is 0.542. The van der Waals surface area contributed by atoms with Gasteiger partial charge in [-0.3, -0.25) is 19.3 Å². The fraction of sp³-hybridized carbons (Fsp3) is 0.778. The van der Waals surface area contributed by atoms with Crippen molar-refractivity contribution in [3.05, 3.63) is 17.0 Å². The van der Waals surface area contributed by atoms with Crippen LogP contribution in [0.2, 0.25) is 0 Å². The van der Waals surface area contributed by atoms with Gasteiger partial charge in [-0.15, -0.1) is 0 Å². The Labute approximate surface area is 138 Å². The van der Waals surface area contributed by atoms with E-state index in [1.807, 2.05) is 11.7 Å². The third-order valence-electron chi connectivity index (χ3n) is 6.85. The van der Waals surface area contributed by atoms with Crippen LogP contribution in [0, 0.1) is 24.7 Å². The summed E-state index contributed by atoms with van der Waals surface area (Å²) in [4.78, 5) is 18.3. The monoisotopic (exact) mass is 316 g/mol. The zero-order chi connectivity index (χ0) is 16.6. The van der Waals surface area contributed by atoms with Crippen molar-refractivity contribution in [2.45, 2.75) is 46.7 Å². The highest BCUT2D eigenvalue weighted by atomic mass is 16.1. The van der Waals surface area contributed by atoms with Crippen LogP contribution in [0.5, 0.6) is 0 Å². The van der Waals surface area contributed by atoms with E-state index in [0.717, 1.165) is 44.7 Å². The van der Waals surface area contributed by atoms with Crippen molar-refractivity contribution in [3.63, 3.8) is 0 Å². The second-order valence-corrected chi connectivity index (χ2v) is 7.99. The molecule has 23 heavy (non-hydrogen) atoms. The quantitative estimate of drug-likeness (QED) is 0.856. The average Bonchev–Trinajstić information content (AvgIpc) is 2.77. The van der Waals surface area contributed by atoms with Gasteiger partial charge in [0.1, 0.15) is 5.78 Å². The Kier molecular flexibility index (Phi) is 3.11. The predicted octanol–water partition coefficient (Wildman–Crippen LogP) is 2.04. The van der Waals surface area contributed by atoms with Gasteiger partial charge in [-0.1, -0.05) is 13.8 Å². The molecule has 1 aromatic heterocycles. The van der Waals surface area contributed by atoms with Gasteiger partial charge < -0.3 is 0 Å². The first-order chi connectivity index (χ1) is 10.9. The minimum atomic E-state index is -0.146. The molecule has 4 fully saturated rings. The van der Waals surface area contributed by atoms with Crippen molar-refractivity contribution < 1.29 is 4.79 Å². The fourth-order valence-electron chi connectivity index (χ4n) is 5.49. The summed E-state index contributed by atoms with van der Waals surface area (Å²) in [5, 5.41) is 4.63. The van der Waals surface area contributed by atoms with Gasteiger partial charge in [0.25, 0.3) is 0 Å². The van der Waals surface area contributed by atoms with Crippen LogP contribution in [-0.4, -0.2) is 51.5 Å². The largest absolute Gasteiger partial charge is 0.298 e. The molecule has 0 aliphatic carbocycles. The molecule has 0 atom stereocenters. The number of carbonyl (C=O) groups excluding carboxylic acids is 1. The number of rotatable bonds is 3. The van der Waals surface area contributed by atoms with Crippen LogP contribution in [0.3, 0.4) is 0 Å². The van der Waals surface area contributed by atoms with E-state index in [1.54, 1.807) is 0 Å². The first-order valence-corrected chi connectivity index (χ1v) is 8.90. The summed E-state index contributed by atoms with van der Waals surface area (Å²) in [6.07, 6.45) is 2.22. The molecule has 4 bridgehead atoms. The fourth-order valence-corrected chi connectivity index (χ4v) is 5.49. The lowest BCUT2D eigenvalue weighted by Gasteiger charge is -2.66. The van der Waals surface area contributed by atoms with Gasteiger partial charge in [0.05, 0.1) is 22.7 Å². The number of aromatic nitrogens is 2. The van der Waals surface area contributed by atoms with Crippen molar-refractivity contribution >= 4 is 5.78 Å². The number of carbonyl (C=O) groups is 1. The second-order valence-electron chi connectivity index (χ2n) is 7.99. The molecule has 5 nitrogen and oxygen atoms in total. The highest BCUT2D eigenvalue weighted by Gasteiger charge is 2.64. The van der Waals surface area contributed by atoms with Crippen molar-refractivity contribution in [2.75, 3.05) is 26.2 Å². The Balaban J connectivity index is 1.80. The minimum absolute atomic E-state index is 0.146. The van der Waals surface area contributed by atoms with Gasteiger partial charge in [0.15, 0.2) is 0 Å². The summed E-state index contributed by atoms with van der Waals surface area (Å²) in [6, 6.07) is 0. The summed E-state index contributed by atoms with van der Waals surface area (Å²) in [6.45, 7) is 12.3. The maximum atomic E-state index is 13.2. The minimum Gasteiger partial charge on any atom is -0.298 e. The van der Waals surface area contributed by atoms with Crippen LogP contribution >= 0.6 is 0 Å². The summed E-state index contributed by atoms with van der Waals surface area (Å²) in [7, 11) is 2.02. The number of ketones is 1. The zero-order valence-electron chi connectivity index (χ0n) is 15.0. The summed E-state index contributed by atoms with van der Waals surface area (Å²) in [5.41, 5.74) is 3.45. The first kappa shape index (κ1) is 15.3. The van der Waals surface area contributed by atoms with Crippen molar-refractivity contribution in [1.82, 2.24) is 19.6 Å². The smallest absolute Gasteiger partial charge is 0.150 e. The van der Waals surface area contributed by atoms with Gasteiger partial charge in [-0.05, 0) is 26.7 Å². The van der Waals surface area contributed by atoms with Gasteiger partial charge in [-0.25, -0.2) is 0 Å². The van der Waals surface area contributed by atoms with E-state index in [0.29, 0.717) is 11.9 Å².